The first-order valence-electron chi connectivity index (χ1n) is 7.83. The van der Waals surface area contributed by atoms with Crippen molar-refractivity contribution >= 4 is 5.91 Å². The molecule has 1 aliphatic heterocycles. The first-order valence-corrected chi connectivity index (χ1v) is 7.83. The fourth-order valence-corrected chi connectivity index (χ4v) is 2.52. The summed E-state index contributed by atoms with van der Waals surface area (Å²) in [5, 5.41) is 0. The maximum atomic E-state index is 12.4. The zero-order chi connectivity index (χ0) is 15.2. The zero-order valence-corrected chi connectivity index (χ0v) is 13.2. The molecule has 0 radical (unpaired) electrons. The molecule has 0 bridgehead atoms. The number of amides is 1. The lowest BCUT2D eigenvalue weighted by atomic mass is 10.1. The third kappa shape index (κ3) is 4.54. The van der Waals surface area contributed by atoms with Gasteiger partial charge >= 0.3 is 0 Å². The Hall–Kier alpha value is -1.40. The van der Waals surface area contributed by atoms with Crippen LogP contribution in [0.25, 0.3) is 0 Å². The van der Waals surface area contributed by atoms with E-state index in [0.29, 0.717) is 18.8 Å². The number of imidazole rings is 1. The predicted octanol–water partition coefficient (Wildman–Crippen LogP) is 0.646. The van der Waals surface area contributed by atoms with E-state index in [1.165, 1.54) is 6.42 Å². The van der Waals surface area contributed by atoms with Crippen molar-refractivity contribution in [2.75, 3.05) is 39.3 Å². The van der Waals surface area contributed by atoms with E-state index in [1.807, 2.05) is 9.47 Å². The molecule has 2 heterocycles. The molecule has 0 atom stereocenters. The lowest BCUT2D eigenvalue weighted by Crippen LogP contribution is -2.49. The Morgan fingerprint density at radius 2 is 2.00 bits per heavy atom. The number of nitrogens with zero attached hydrogens (tertiary/aromatic N) is 4. The van der Waals surface area contributed by atoms with Gasteiger partial charge in [-0.2, -0.15) is 0 Å². The van der Waals surface area contributed by atoms with Gasteiger partial charge in [0.1, 0.15) is 5.69 Å². The third-order valence-corrected chi connectivity index (χ3v) is 3.92. The maximum Gasteiger partial charge on any atom is 0.274 e. The van der Waals surface area contributed by atoms with Gasteiger partial charge in [-0.15, -0.1) is 0 Å². The molecular weight excluding hydrogens is 266 g/mol. The van der Waals surface area contributed by atoms with E-state index < -0.39 is 0 Å². The van der Waals surface area contributed by atoms with Crippen molar-refractivity contribution in [3.05, 3.63) is 18.2 Å². The fourth-order valence-electron chi connectivity index (χ4n) is 2.52. The summed E-state index contributed by atoms with van der Waals surface area (Å²) in [6, 6.07) is 0. The van der Waals surface area contributed by atoms with Gasteiger partial charge in [-0.1, -0.05) is 13.8 Å². The second kappa shape index (κ2) is 7.56. The number of rotatable bonds is 6. The van der Waals surface area contributed by atoms with Gasteiger partial charge in [0.2, 0.25) is 0 Å². The number of aromatic nitrogens is 2. The van der Waals surface area contributed by atoms with Crippen LogP contribution in [0.2, 0.25) is 0 Å². The Kier molecular flexibility index (Phi) is 5.76. The Labute approximate surface area is 126 Å². The summed E-state index contributed by atoms with van der Waals surface area (Å²) in [6.07, 6.45) is 4.69. The summed E-state index contributed by atoms with van der Waals surface area (Å²) in [5.41, 5.74) is 6.03. The monoisotopic (exact) mass is 293 g/mol. The lowest BCUT2D eigenvalue weighted by molar-refractivity contribution is 0.0626. The molecule has 6 nitrogen and oxygen atoms in total. The highest BCUT2D eigenvalue weighted by atomic mass is 16.2. The molecule has 0 unspecified atom stereocenters. The zero-order valence-electron chi connectivity index (χ0n) is 13.2. The molecule has 1 fully saturated rings. The van der Waals surface area contributed by atoms with Crippen LogP contribution in [0.3, 0.4) is 0 Å². The molecule has 1 amide bonds. The van der Waals surface area contributed by atoms with Gasteiger partial charge in [-0.05, 0) is 18.9 Å². The Bertz CT molecular complexity index is 449. The van der Waals surface area contributed by atoms with Gasteiger partial charge in [-0.3, -0.25) is 9.69 Å². The SMILES string of the molecule is CC(C)CCN1CCN(C(=O)c2cn(CCN)cn2)CC1. The average molecular weight is 293 g/mol. The first-order chi connectivity index (χ1) is 10.1. The van der Waals surface area contributed by atoms with Crippen LogP contribution in [0.1, 0.15) is 30.8 Å². The number of hydrogen-bond donors (Lipinski definition) is 1. The van der Waals surface area contributed by atoms with Gasteiger partial charge in [0.25, 0.3) is 5.91 Å². The maximum absolute atomic E-state index is 12.4. The van der Waals surface area contributed by atoms with E-state index in [1.54, 1.807) is 12.5 Å². The van der Waals surface area contributed by atoms with Crippen LogP contribution < -0.4 is 5.73 Å². The Morgan fingerprint density at radius 1 is 1.29 bits per heavy atom. The molecule has 0 aliphatic carbocycles. The lowest BCUT2D eigenvalue weighted by Gasteiger charge is -2.34. The van der Waals surface area contributed by atoms with E-state index in [4.69, 9.17) is 5.73 Å². The molecular formula is C15H27N5O. The molecule has 0 spiro atoms. The van der Waals surface area contributed by atoms with Crippen LogP contribution in [0, 0.1) is 5.92 Å². The van der Waals surface area contributed by atoms with Gasteiger partial charge in [-0.25, -0.2) is 4.98 Å². The van der Waals surface area contributed by atoms with Crippen LogP contribution in [-0.4, -0.2) is 64.5 Å². The highest BCUT2D eigenvalue weighted by Gasteiger charge is 2.23. The summed E-state index contributed by atoms with van der Waals surface area (Å²) < 4.78 is 1.87. The standard InChI is InChI=1S/C15H27N5O/c1-13(2)3-5-18-7-9-20(10-8-18)15(21)14-11-19(6-4-16)12-17-14/h11-13H,3-10,16H2,1-2H3. The third-order valence-electron chi connectivity index (χ3n) is 3.92. The Morgan fingerprint density at radius 3 is 2.62 bits per heavy atom. The van der Waals surface area contributed by atoms with Crippen LogP contribution in [0.15, 0.2) is 12.5 Å². The molecule has 1 saturated heterocycles. The van der Waals surface area contributed by atoms with Crippen LogP contribution in [0.5, 0.6) is 0 Å². The minimum atomic E-state index is 0.0364. The topological polar surface area (TPSA) is 67.4 Å². The number of hydrogen-bond acceptors (Lipinski definition) is 4. The van der Waals surface area contributed by atoms with E-state index >= 15 is 0 Å². The van der Waals surface area contributed by atoms with Crippen LogP contribution in [-0.2, 0) is 6.54 Å². The number of carbonyl (C=O) groups excluding carboxylic acids is 1. The summed E-state index contributed by atoms with van der Waals surface area (Å²) >= 11 is 0. The summed E-state index contributed by atoms with van der Waals surface area (Å²) in [4.78, 5) is 20.9. The van der Waals surface area contributed by atoms with Crippen molar-refractivity contribution in [2.45, 2.75) is 26.8 Å². The summed E-state index contributed by atoms with van der Waals surface area (Å²) in [7, 11) is 0. The smallest absolute Gasteiger partial charge is 0.274 e. The normalized spacial score (nSPS) is 16.7. The highest BCUT2D eigenvalue weighted by Crippen LogP contribution is 2.09. The average Bonchev–Trinajstić information content (AvgIpc) is 2.94. The fraction of sp³-hybridized carbons (Fsp3) is 0.733. The molecule has 1 aliphatic rings. The van der Waals surface area contributed by atoms with Crippen molar-refractivity contribution in [3.63, 3.8) is 0 Å². The number of piperazine rings is 1. The molecule has 0 aromatic carbocycles. The van der Waals surface area contributed by atoms with Crippen molar-refractivity contribution < 1.29 is 4.79 Å². The van der Waals surface area contributed by atoms with E-state index in [9.17, 15) is 4.79 Å². The Balaban J connectivity index is 1.82. The quantitative estimate of drug-likeness (QED) is 0.836. The second-order valence-electron chi connectivity index (χ2n) is 6.10. The van der Waals surface area contributed by atoms with Gasteiger partial charge in [0, 0.05) is 45.5 Å². The molecule has 118 valence electrons. The minimum absolute atomic E-state index is 0.0364. The molecule has 1 aromatic rings. The molecule has 6 heteroatoms. The van der Waals surface area contributed by atoms with Gasteiger partial charge < -0.3 is 15.2 Å². The van der Waals surface area contributed by atoms with E-state index in [0.717, 1.165) is 38.6 Å². The van der Waals surface area contributed by atoms with Crippen molar-refractivity contribution in [3.8, 4) is 0 Å². The van der Waals surface area contributed by atoms with Crippen molar-refractivity contribution in [1.29, 1.82) is 0 Å². The van der Waals surface area contributed by atoms with Crippen LogP contribution >= 0.6 is 0 Å². The van der Waals surface area contributed by atoms with Gasteiger partial charge in [0.05, 0.1) is 6.33 Å². The summed E-state index contributed by atoms with van der Waals surface area (Å²) in [5.74, 6) is 0.769. The van der Waals surface area contributed by atoms with Gasteiger partial charge in [0.15, 0.2) is 0 Å². The van der Waals surface area contributed by atoms with Crippen molar-refractivity contribution in [2.24, 2.45) is 11.7 Å². The molecule has 1 aromatic heterocycles. The van der Waals surface area contributed by atoms with Crippen LogP contribution in [0.4, 0.5) is 0 Å². The predicted molar refractivity (Wildman–Crippen MR) is 83.1 cm³/mol. The molecule has 0 saturated carbocycles. The molecule has 2 N–H and O–H groups in total. The van der Waals surface area contributed by atoms with Crippen molar-refractivity contribution in [1.82, 2.24) is 19.4 Å². The summed E-state index contributed by atoms with van der Waals surface area (Å²) in [6.45, 7) is 10.4. The number of carbonyl (C=O) groups is 1. The molecule has 2 rings (SSSR count). The molecule has 21 heavy (non-hydrogen) atoms. The first kappa shape index (κ1) is 16.0. The van der Waals surface area contributed by atoms with E-state index in [2.05, 4.69) is 23.7 Å². The van der Waals surface area contributed by atoms with E-state index in [-0.39, 0.29) is 5.91 Å². The number of nitrogens with two attached hydrogens (primary N) is 1. The highest BCUT2D eigenvalue weighted by molar-refractivity contribution is 5.92. The minimum Gasteiger partial charge on any atom is -0.335 e. The largest absolute Gasteiger partial charge is 0.335 e. The second-order valence-corrected chi connectivity index (χ2v) is 6.10.